The van der Waals surface area contributed by atoms with Gasteiger partial charge in [0.1, 0.15) is 5.75 Å². The number of para-hydroxylation sites is 1. The molecule has 0 bridgehead atoms. The highest BCUT2D eigenvalue weighted by molar-refractivity contribution is 7.99. The van der Waals surface area contributed by atoms with Crippen LogP contribution in [0.1, 0.15) is 6.92 Å². The molecular weight excluding hydrogens is 215 g/mol. The molecule has 0 aliphatic carbocycles. The van der Waals surface area contributed by atoms with E-state index in [1.165, 1.54) is 0 Å². The van der Waals surface area contributed by atoms with Crippen LogP contribution >= 0.6 is 20.2 Å². The van der Waals surface area contributed by atoms with Gasteiger partial charge in [-0.1, -0.05) is 16.7 Å². The van der Waals surface area contributed by atoms with E-state index < -0.39 is 0 Å². The lowest BCUT2D eigenvalue weighted by Gasteiger charge is -2.07. The number of hydrogen-bond donors (Lipinski definition) is 0. The predicted molar refractivity (Wildman–Crippen MR) is 62.2 cm³/mol. The molecule has 0 aliphatic heterocycles. The first-order valence-corrected chi connectivity index (χ1v) is 6.68. The van der Waals surface area contributed by atoms with Crippen molar-refractivity contribution in [3.8, 4) is 5.75 Å². The van der Waals surface area contributed by atoms with E-state index in [1.807, 2.05) is 31.2 Å². The Morgan fingerprint density at radius 1 is 1.43 bits per heavy atom. The normalized spacial score (nSPS) is 10.4. The second-order valence-corrected chi connectivity index (χ2v) is 4.55. The van der Waals surface area contributed by atoms with E-state index in [-0.39, 0.29) is 8.46 Å². The molecule has 1 aromatic carbocycles. The molecule has 0 N–H and O–H groups in total. The molecule has 0 radical (unpaired) electrons. The molecule has 0 aromatic heterocycles. The number of hydrogen-bond acceptors (Lipinski definition) is 3. The van der Waals surface area contributed by atoms with Crippen molar-refractivity contribution in [2.24, 2.45) is 0 Å². The van der Waals surface area contributed by atoms with Crippen LogP contribution in [0, 0.1) is 0 Å². The van der Waals surface area contributed by atoms with Crippen LogP contribution in [0.2, 0.25) is 0 Å². The zero-order valence-corrected chi connectivity index (χ0v) is 9.97. The zero-order valence-electron chi connectivity index (χ0n) is 8.16. The van der Waals surface area contributed by atoms with E-state index in [1.54, 1.807) is 11.8 Å². The van der Waals surface area contributed by atoms with Crippen LogP contribution in [0.3, 0.4) is 0 Å². The zero-order chi connectivity index (χ0) is 10.2. The molecule has 0 saturated carbocycles. The van der Waals surface area contributed by atoms with Crippen molar-refractivity contribution in [1.82, 2.24) is 0 Å². The molecule has 1 atom stereocenters. The van der Waals surface area contributed by atoms with Crippen LogP contribution < -0.4 is 4.74 Å². The van der Waals surface area contributed by atoms with Gasteiger partial charge in [0.15, 0.2) is 6.16 Å². The van der Waals surface area contributed by atoms with E-state index in [9.17, 15) is 4.57 Å². The summed E-state index contributed by atoms with van der Waals surface area (Å²) in [6, 6.07) is 7.95. The van der Waals surface area contributed by atoms with Crippen molar-refractivity contribution in [3.05, 3.63) is 24.3 Å². The lowest BCUT2D eigenvalue weighted by atomic mass is 10.3. The summed E-state index contributed by atoms with van der Waals surface area (Å²) in [7, 11) is -0.204. The first-order valence-electron chi connectivity index (χ1n) is 4.58. The van der Waals surface area contributed by atoms with Gasteiger partial charge in [-0.05, 0) is 19.1 Å². The van der Waals surface area contributed by atoms with Gasteiger partial charge in [-0.15, -0.1) is 11.8 Å². The Kier molecular flexibility index (Phi) is 5.65. The topological polar surface area (TPSA) is 26.3 Å². The van der Waals surface area contributed by atoms with Crippen LogP contribution in [-0.2, 0) is 4.57 Å². The summed E-state index contributed by atoms with van der Waals surface area (Å²) in [4.78, 5) is 1.13. The predicted octanol–water partition coefficient (Wildman–Crippen LogP) is 3.20. The average molecular weight is 229 g/mol. The fourth-order valence-corrected chi connectivity index (χ4v) is 2.45. The molecule has 0 heterocycles. The summed E-state index contributed by atoms with van der Waals surface area (Å²) in [5, 5.41) is 0. The van der Waals surface area contributed by atoms with E-state index >= 15 is 0 Å². The van der Waals surface area contributed by atoms with Crippen LogP contribution in [0.15, 0.2) is 29.2 Å². The Morgan fingerprint density at radius 3 is 2.93 bits per heavy atom. The minimum Gasteiger partial charge on any atom is -0.493 e. The van der Waals surface area contributed by atoms with Gasteiger partial charge in [0.25, 0.3) is 0 Å². The summed E-state index contributed by atoms with van der Waals surface area (Å²) < 4.78 is 15.8. The molecular formula is C10H14O2PS+. The molecule has 0 fully saturated rings. The maximum atomic E-state index is 10.3. The first kappa shape index (κ1) is 11.5. The number of benzene rings is 1. The summed E-state index contributed by atoms with van der Waals surface area (Å²) >= 11 is 1.69. The minimum absolute atomic E-state index is 0.204. The molecule has 1 unspecified atom stereocenters. The molecule has 2 nitrogen and oxygen atoms in total. The van der Waals surface area contributed by atoms with E-state index in [0.29, 0.717) is 6.61 Å². The Bertz CT molecular complexity index is 291. The lowest BCUT2D eigenvalue weighted by molar-refractivity contribution is 0.332. The number of rotatable bonds is 6. The van der Waals surface area contributed by atoms with Crippen molar-refractivity contribution in [3.63, 3.8) is 0 Å². The smallest absolute Gasteiger partial charge is 0.325 e. The van der Waals surface area contributed by atoms with Gasteiger partial charge in [-0.3, -0.25) is 0 Å². The second-order valence-electron chi connectivity index (χ2n) is 2.62. The highest BCUT2D eigenvalue weighted by Gasteiger charge is 2.03. The van der Waals surface area contributed by atoms with Gasteiger partial charge in [0.2, 0.25) is 0 Å². The third-order valence-corrected chi connectivity index (χ3v) is 3.48. The molecule has 0 spiro atoms. The molecule has 0 aliphatic rings. The Morgan fingerprint density at radius 2 is 2.21 bits per heavy atom. The third-order valence-electron chi connectivity index (χ3n) is 1.61. The van der Waals surface area contributed by atoms with Crippen molar-refractivity contribution in [2.45, 2.75) is 11.8 Å². The van der Waals surface area contributed by atoms with Crippen LogP contribution in [0.25, 0.3) is 0 Å². The van der Waals surface area contributed by atoms with Crippen molar-refractivity contribution < 1.29 is 9.30 Å². The maximum Gasteiger partial charge on any atom is 0.325 e. The minimum atomic E-state index is -0.204. The Balaban J connectivity index is 2.59. The van der Waals surface area contributed by atoms with Crippen LogP contribution in [-0.4, -0.2) is 18.5 Å². The van der Waals surface area contributed by atoms with Gasteiger partial charge in [-0.25, -0.2) is 0 Å². The standard InChI is InChI=1S/C10H13O2PS/c1-2-12-9-5-3-4-6-10(9)14-8-7-13-11/h3-6H,2,7-8H2,1H3/p+1. The highest BCUT2D eigenvalue weighted by atomic mass is 32.2. The molecule has 1 rings (SSSR count). The summed E-state index contributed by atoms with van der Waals surface area (Å²) in [5.41, 5.74) is 0. The fraction of sp³-hybridized carbons (Fsp3) is 0.400. The van der Waals surface area contributed by atoms with Crippen LogP contribution in [0.4, 0.5) is 0 Å². The monoisotopic (exact) mass is 229 g/mol. The third kappa shape index (κ3) is 3.69. The lowest BCUT2D eigenvalue weighted by Crippen LogP contribution is -1.93. The van der Waals surface area contributed by atoms with Crippen LogP contribution in [0.5, 0.6) is 5.75 Å². The Labute approximate surface area is 90.2 Å². The average Bonchev–Trinajstić information content (AvgIpc) is 2.21. The summed E-state index contributed by atoms with van der Waals surface area (Å²) in [6.07, 6.45) is 0.741. The molecule has 0 saturated heterocycles. The van der Waals surface area contributed by atoms with Gasteiger partial charge in [-0.2, -0.15) is 0 Å². The SMILES string of the molecule is CCOc1ccccc1SCC[PH+]=O. The van der Waals surface area contributed by atoms with Crippen molar-refractivity contribution >= 4 is 20.2 Å². The van der Waals surface area contributed by atoms with Gasteiger partial charge in [0, 0.05) is 10.6 Å². The van der Waals surface area contributed by atoms with Gasteiger partial charge >= 0.3 is 8.46 Å². The quantitative estimate of drug-likeness (QED) is 0.425. The van der Waals surface area contributed by atoms with Crippen molar-refractivity contribution in [1.29, 1.82) is 0 Å². The molecule has 4 heteroatoms. The van der Waals surface area contributed by atoms with E-state index in [2.05, 4.69) is 0 Å². The number of thioether (sulfide) groups is 1. The Hall–Kier alpha value is -0.530. The second kappa shape index (κ2) is 6.86. The summed E-state index contributed by atoms with van der Waals surface area (Å²) in [6.45, 7) is 2.65. The molecule has 1 aromatic rings. The maximum absolute atomic E-state index is 10.3. The molecule has 0 amide bonds. The van der Waals surface area contributed by atoms with E-state index in [4.69, 9.17) is 4.74 Å². The van der Waals surface area contributed by atoms with Gasteiger partial charge in [0.05, 0.1) is 6.61 Å². The molecule has 14 heavy (non-hydrogen) atoms. The summed E-state index contributed by atoms with van der Waals surface area (Å²) in [5.74, 6) is 1.81. The highest BCUT2D eigenvalue weighted by Crippen LogP contribution is 2.29. The molecule has 76 valence electrons. The van der Waals surface area contributed by atoms with Gasteiger partial charge < -0.3 is 4.74 Å². The van der Waals surface area contributed by atoms with Crippen molar-refractivity contribution in [2.75, 3.05) is 18.5 Å². The largest absolute Gasteiger partial charge is 0.493 e. The first-order chi connectivity index (χ1) is 6.88. The van der Waals surface area contributed by atoms with E-state index in [0.717, 1.165) is 22.6 Å². The number of ether oxygens (including phenoxy) is 1. The fourth-order valence-electron chi connectivity index (χ4n) is 1.05.